The highest BCUT2D eigenvalue weighted by Gasteiger charge is 2.17. The van der Waals surface area contributed by atoms with Crippen LogP contribution in [0.2, 0.25) is 0 Å². The predicted molar refractivity (Wildman–Crippen MR) is 55.7 cm³/mol. The van der Waals surface area contributed by atoms with Gasteiger partial charge in [-0.05, 0) is 23.0 Å². The lowest BCUT2D eigenvalue weighted by atomic mass is 9.83. The molecule has 0 bridgehead atoms. The highest BCUT2D eigenvalue weighted by atomic mass is 14.6. The summed E-state index contributed by atoms with van der Waals surface area (Å²) in [6.07, 6.45) is 3.14. The summed E-state index contributed by atoms with van der Waals surface area (Å²) < 4.78 is 0. The summed E-state index contributed by atoms with van der Waals surface area (Å²) in [7, 11) is 2.02. The maximum absolute atomic E-state index is 4.29. The molecule has 0 saturated carbocycles. The standard InChI is InChI=1S/C10H16BN/c1-4-10(2,3)8-5-6-9(11)12-7-8/h5-7H,4,11H2,1-3H3. The molecule has 1 heterocycles. The minimum Gasteiger partial charge on any atom is -0.272 e. The fourth-order valence-corrected chi connectivity index (χ4v) is 1.07. The van der Waals surface area contributed by atoms with Gasteiger partial charge in [-0.3, -0.25) is 4.98 Å². The van der Waals surface area contributed by atoms with Gasteiger partial charge in [0.1, 0.15) is 0 Å². The normalized spacial score (nSPS) is 11.6. The quantitative estimate of drug-likeness (QED) is 0.590. The van der Waals surface area contributed by atoms with E-state index >= 15 is 0 Å². The van der Waals surface area contributed by atoms with Gasteiger partial charge in [0.05, 0.1) is 0 Å². The molecule has 0 fully saturated rings. The van der Waals surface area contributed by atoms with Gasteiger partial charge in [-0.15, -0.1) is 0 Å². The molecule has 64 valence electrons. The average molecular weight is 161 g/mol. The first-order valence-electron chi connectivity index (χ1n) is 4.49. The molecule has 1 aromatic rings. The van der Waals surface area contributed by atoms with Gasteiger partial charge in [0.2, 0.25) is 0 Å². The maximum Gasteiger partial charge on any atom is 0.163 e. The van der Waals surface area contributed by atoms with E-state index in [-0.39, 0.29) is 5.41 Å². The van der Waals surface area contributed by atoms with Crippen molar-refractivity contribution in [3.05, 3.63) is 23.9 Å². The topological polar surface area (TPSA) is 12.9 Å². The Morgan fingerprint density at radius 2 is 2.08 bits per heavy atom. The fraction of sp³-hybridized carbons (Fsp3) is 0.500. The van der Waals surface area contributed by atoms with Gasteiger partial charge in [0.25, 0.3) is 0 Å². The van der Waals surface area contributed by atoms with Crippen LogP contribution in [-0.4, -0.2) is 12.8 Å². The van der Waals surface area contributed by atoms with Crippen LogP contribution in [0.5, 0.6) is 0 Å². The zero-order valence-electron chi connectivity index (χ0n) is 8.39. The van der Waals surface area contributed by atoms with Crippen LogP contribution in [0.25, 0.3) is 0 Å². The monoisotopic (exact) mass is 161 g/mol. The van der Waals surface area contributed by atoms with Crippen molar-refractivity contribution >= 4 is 13.4 Å². The summed E-state index contributed by atoms with van der Waals surface area (Å²) in [6.45, 7) is 6.71. The van der Waals surface area contributed by atoms with Gasteiger partial charge in [-0.25, -0.2) is 0 Å². The van der Waals surface area contributed by atoms with Crippen molar-refractivity contribution in [1.29, 1.82) is 0 Å². The minimum atomic E-state index is 0.265. The Bertz CT molecular complexity index is 251. The van der Waals surface area contributed by atoms with E-state index < -0.39 is 0 Å². The zero-order valence-corrected chi connectivity index (χ0v) is 8.39. The van der Waals surface area contributed by atoms with E-state index in [1.165, 1.54) is 5.56 Å². The van der Waals surface area contributed by atoms with Crippen LogP contribution in [0.1, 0.15) is 32.8 Å². The summed E-state index contributed by atoms with van der Waals surface area (Å²) in [4.78, 5) is 4.29. The van der Waals surface area contributed by atoms with Crippen molar-refractivity contribution in [1.82, 2.24) is 4.98 Å². The van der Waals surface area contributed by atoms with E-state index in [2.05, 4.69) is 37.9 Å². The van der Waals surface area contributed by atoms with Crippen molar-refractivity contribution < 1.29 is 0 Å². The number of aromatic nitrogens is 1. The number of nitrogens with zero attached hydrogens (tertiary/aromatic N) is 1. The Hall–Kier alpha value is -0.785. The van der Waals surface area contributed by atoms with Crippen LogP contribution >= 0.6 is 0 Å². The van der Waals surface area contributed by atoms with E-state index in [1.807, 2.05) is 14.0 Å². The zero-order chi connectivity index (χ0) is 9.19. The number of hydrogen-bond donors (Lipinski definition) is 0. The Kier molecular flexibility index (Phi) is 2.56. The Labute approximate surface area is 75.6 Å². The summed E-state index contributed by atoms with van der Waals surface area (Å²) in [5.74, 6) is 0. The molecule has 12 heavy (non-hydrogen) atoms. The lowest BCUT2D eigenvalue weighted by Crippen LogP contribution is -2.18. The molecule has 0 spiro atoms. The molecule has 1 rings (SSSR count). The largest absolute Gasteiger partial charge is 0.272 e. The molecule has 0 N–H and O–H groups in total. The molecule has 0 unspecified atom stereocenters. The van der Waals surface area contributed by atoms with Crippen molar-refractivity contribution in [2.75, 3.05) is 0 Å². The van der Waals surface area contributed by atoms with Gasteiger partial charge in [-0.1, -0.05) is 32.9 Å². The van der Waals surface area contributed by atoms with E-state index in [9.17, 15) is 0 Å². The van der Waals surface area contributed by atoms with Crippen molar-refractivity contribution in [2.24, 2.45) is 0 Å². The van der Waals surface area contributed by atoms with Crippen LogP contribution in [0.3, 0.4) is 0 Å². The third-order valence-electron chi connectivity index (χ3n) is 2.58. The van der Waals surface area contributed by atoms with Gasteiger partial charge in [0.15, 0.2) is 7.85 Å². The van der Waals surface area contributed by atoms with E-state index in [4.69, 9.17) is 0 Å². The van der Waals surface area contributed by atoms with Crippen LogP contribution in [0.15, 0.2) is 18.3 Å². The highest BCUT2D eigenvalue weighted by molar-refractivity contribution is 6.30. The summed E-state index contributed by atoms with van der Waals surface area (Å²) in [5.41, 5.74) is 2.68. The molecule has 0 amide bonds. The molecular formula is C10H16BN. The van der Waals surface area contributed by atoms with Gasteiger partial charge < -0.3 is 0 Å². The smallest absolute Gasteiger partial charge is 0.163 e. The lowest BCUT2D eigenvalue weighted by molar-refractivity contribution is 0.504. The number of hydrogen-bond acceptors (Lipinski definition) is 1. The SMILES string of the molecule is Bc1ccc(C(C)(C)CC)cn1. The van der Waals surface area contributed by atoms with E-state index in [1.54, 1.807) is 0 Å². The van der Waals surface area contributed by atoms with Crippen LogP contribution in [0.4, 0.5) is 0 Å². The van der Waals surface area contributed by atoms with E-state index in [0.29, 0.717) is 0 Å². The molecule has 0 aliphatic carbocycles. The van der Waals surface area contributed by atoms with Crippen LogP contribution in [0, 0.1) is 0 Å². The molecule has 0 aromatic carbocycles. The first kappa shape index (κ1) is 9.30. The van der Waals surface area contributed by atoms with Gasteiger partial charge in [0, 0.05) is 6.20 Å². The Morgan fingerprint density at radius 3 is 2.50 bits per heavy atom. The minimum absolute atomic E-state index is 0.265. The summed E-state index contributed by atoms with van der Waals surface area (Å²) in [6, 6.07) is 4.25. The Balaban J connectivity index is 2.96. The molecule has 1 aromatic heterocycles. The van der Waals surface area contributed by atoms with Crippen molar-refractivity contribution in [3.63, 3.8) is 0 Å². The molecule has 0 aliphatic rings. The van der Waals surface area contributed by atoms with Crippen LogP contribution in [-0.2, 0) is 5.41 Å². The third kappa shape index (κ3) is 1.87. The van der Waals surface area contributed by atoms with Gasteiger partial charge >= 0.3 is 0 Å². The molecule has 0 saturated heterocycles. The van der Waals surface area contributed by atoms with E-state index in [0.717, 1.165) is 12.0 Å². The summed E-state index contributed by atoms with van der Waals surface area (Å²) >= 11 is 0. The van der Waals surface area contributed by atoms with Crippen molar-refractivity contribution in [2.45, 2.75) is 32.6 Å². The molecular weight excluding hydrogens is 145 g/mol. The highest BCUT2D eigenvalue weighted by Crippen LogP contribution is 2.24. The van der Waals surface area contributed by atoms with Crippen LogP contribution < -0.4 is 5.59 Å². The third-order valence-corrected chi connectivity index (χ3v) is 2.58. The predicted octanol–water partition coefficient (Wildman–Crippen LogP) is 1.03. The lowest BCUT2D eigenvalue weighted by Gasteiger charge is -2.22. The average Bonchev–Trinajstić information content (AvgIpc) is 2.05. The number of rotatable bonds is 2. The first-order chi connectivity index (χ1) is 5.56. The first-order valence-corrected chi connectivity index (χ1v) is 4.49. The molecule has 2 heteroatoms. The molecule has 1 nitrogen and oxygen atoms in total. The second-order valence-electron chi connectivity index (χ2n) is 3.93. The molecule has 0 radical (unpaired) electrons. The summed E-state index contributed by atoms with van der Waals surface area (Å²) in [5, 5.41) is 0. The van der Waals surface area contributed by atoms with Crippen molar-refractivity contribution in [3.8, 4) is 0 Å². The fourth-order valence-electron chi connectivity index (χ4n) is 1.07. The second kappa shape index (κ2) is 3.30. The maximum atomic E-state index is 4.29. The molecule has 0 atom stereocenters. The second-order valence-corrected chi connectivity index (χ2v) is 3.93. The Morgan fingerprint density at radius 1 is 1.42 bits per heavy atom. The number of pyridine rings is 1. The van der Waals surface area contributed by atoms with Gasteiger partial charge in [-0.2, -0.15) is 0 Å². The molecule has 0 aliphatic heterocycles.